The van der Waals surface area contributed by atoms with E-state index in [-0.39, 0.29) is 35.7 Å². The van der Waals surface area contributed by atoms with Gasteiger partial charge in [-0.3, -0.25) is 14.4 Å². The standard InChI is InChI=1S/C20H28N2O7S/c1-3-28-20(25)16-9-12-22(13-10-16)18(23)14-29-19(24)8-11-21-30(26,27)17-6-4-15(2)5-7-17/h4-7,16,21H,3,8-14H2,1-2H3. The van der Waals surface area contributed by atoms with Gasteiger partial charge >= 0.3 is 11.9 Å². The summed E-state index contributed by atoms with van der Waals surface area (Å²) in [4.78, 5) is 37.4. The van der Waals surface area contributed by atoms with E-state index in [1.807, 2.05) is 6.92 Å². The van der Waals surface area contributed by atoms with E-state index in [1.165, 1.54) is 12.1 Å². The van der Waals surface area contributed by atoms with E-state index < -0.39 is 22.6 Å². The van der Waals surface area contributed by atoms with E-state index in [2.05, 4.69) is 4.72 Å². The number of nitrogens with one attached hydrogen (secondary N) is 1. The van der Waals surface area contributed by atoms with Crippen molar-refractivity contribution >= 4 is 27.9 Å². The third-order valence-electron chi connectivity index (χ3n) is 4.78. The molecule has 1 heterocycles. The first kappa shape index (κ1) is 23.8. The number of ether oxygens (including phenoxy) is 2. The predicted octanol–water partition coefficient (Wildman–Crippen LogP) is 1.01. The lowest BCUT2D eigenvalue weighted by Gasteiger charge is -2.30. The molecule has 0 unspecified atom stereocenters. The highest BCUT2D eigenvalue weighted by Crippen LogP contribution is 2.18. The number of nitrogens with zero attached hydrogens (tertiary/aromatic N) is 1. The van der Waals surface area contributed by atoms with Crippen LogP contribution in [0.2, 0.25) is 0 Å². The molecule has 1 N–H and O–H groups in total. The number of benzene rings is 1. The summed E-state index contributed by atoms with van der Waals surface area (Å²) in [6, 6.07) is 6.34. The first-order valence-corrected chi connectivity index (χ1v) is 11.4. The smallest absolute Gasteiger partial charge is 0.309 e. The maximum atomic E-state index is 12.2. The van der Waals surface area contributed by atoms with Crippen LogP contribution in [0.3, 0.4) is 0 Å². The first-order valence-electron chi connectivity index (χ1n) is 9.89. The minimum absolute atomic E-state index is 0.114. The Morgan fingerprint density at radius 3 is 2.33 bits per heavy atom. The zero-order valence-electron chi connectivity index (χ0n) is 17.3. The van der Waals surface area contributed by atoms with Crippen LogP contribution in [0.4, 0.5) is 0 Å². The van der Waals surface area contributed by atoms with E-state index in [9.17, 15) is 22.8 Å². The third kappa shape index (κ3) is 7.10. The van der Waals surface area contributed by atoms with Crippen LogP contribution < -0.4 is 4.72 Å². The summed E-state index contributed by atoms with van der Waals surface area (Å²) in [5.74, 6) is -1.47. The van der Waals surface area contributed by atoms with E-state index in [4.69, 9.17) is 9.47 Å². The van der Waals surface area contributed by atoms with Gasteiger partial charge < -0.3 is 14.4 Å². The average molecular weight is 441 g/mol. The largest absolute Gasteiger partial charge is 0.466 e. The Morgan fingerprint density at radius 2 is 1.73 bits per heavy atom. The fraction of sp³-hybridized carbons (Fsp3) is 0.550. The number of carbonyl (C=O) groups excluding carboxylic acids is 3. The fourth-order valence-corrected chi connectivity index (χ4v) is 4.05. The highest BCUT2D eigenvalue weighted by Gasteiger charge is 2.28. The molecule has 9 nitrogen and oxygen atoms in total. The molecule has 1 aromatic rings. The number of esters is 2. The normalized spacial score (nSPS) is 14.9. The molecule has 0 radical (unpaired) electrons. The Hall–Kier alpha value is -2.46. The third-order valence-corrected chi connectivity index (χ3v) is 6.25. The summed E-state index contributed by atoms with van der Waals surface area (Å²) >= 11 is 0. The van der Waals surface area contributed by atoms with E-state index in [1.54, 1.807) is 24.0 Å². The van der Waals surface area contributed by atoms with Gasteiger partial charge in [0.2, 0.25) is 10.0 Å². The lowest BCUT2D eigenvalue weighted by atomic mass is 9.97. The Kier molecular flexibility index (Phi) is 8.79. The molecular weight excluding hydrogens is 412 g/mol. The van der Waals surface area contributed by atoms with Crippen molar-refractivity contribution in [2.24, 2.45) is 5.92 Å². The molecule has 1 aromatic carbocycles. The molecule has 1 aliphatic rings. The summed E-state index contributed by atoms with van der Waals surface area (Å²) in [5.41, 5.74) is 0.937. The SMILES string of the molecule is CCOC(=O)C1CCN(C(=O)COC(=O)CCNS(=O)(=O)c2ccc(C)cc2)CC1. The van der Waals surface area contributed by atoms with Gasteiger partial charge in [-0.2, -0.15) is 0 Å². The number of carbonyl (C=O) groups is 3. The molecule has 2 rings (SSSR count). The van der Waals surface area contributed by atoms with Crippen molar-refractivity contribution in [3.63, 3.8) is 0 Å². The van der Waals surface area contributed by atoms with Crippen molar-refractivity contribution in [2.45, 2.75) is 38.0 Å². The average Bonchev–Trinajstić information content (AvgIpc) is 2.72. The van der Waals surface area contributed by atoms with Crippen LogP contribution in [0.15, 0.2) is 29.2 Å². The van der Waals surface area contributed by atoms with E-state index in [0.29, 0.717) is 32.5 Å². The van der Waals surface area contributed by atoms with Gasteiger partial charge in [-0.25, -0.2) is 13.1 Å². The summed E-state index contributed by atoms with van der Waals surface area (Å²) in [6.45, 7) is 4.19. The van der Waals surface area contributed by atoms with E-state index in [0.717, 1.165) is 5.56 Å². The Labute approximate surface area is 176 Å². The second-order valence-electron chi connectivity index (χ2n) is 7.03. The molecule has 0 saturated carbocycles. The molecule has 1 amide bonds. The molecule has 0 aromatic heterocycles. The second-order valence-corrected chi connectivity index (χ2v) is 8.80. The lowest BCUT2D eigenvalue weighted by Crippen LogP contribution is -2.42. The quantitative estimate of drug-likeness (QED) is 0.569. The zero-order chi connectivity index (χ0) is 22.1. The van der Waals surface area contributed by atoms with Gasteiger partial charge in [-0.05, 0) is 38.8 Å². The van der Waals surface area contributed by atoms with Crippen molar-refractivity contribution in [3.05, 3.63) is 29.8 Å². The van der Waals surface area contributed by atoms with Gasteiger partial charge in [0.15, 0.2) is 6.61 Å². The number of piperidine rings is 1. The number of hydrogen-bond acceptors (Lipinski definition) is 7. The highest BCUT2D eigenvalue weighted by atomic mass is 32.2. The number of aryl methyl sites for hydroxylation is 1. The van der Waals surface area contributed by atoms with Crippen molar-refractivity contribution in [1.82, 2.24) is 9.62 Å². The summed E-state index contributed by atoms with van der Waals surface area (Å²) in [7, 11) is -3.71. The summed E-state index contributed by atoms with van der Waals surface area (Å²) in [6.07, 6.45) is 0.835. The molecule has 0 bridgehead atoms. The minimum atomic E-state index is -3.71. The molecule has 1 fully saturated rings. The Balaban J connectivity index is 1.68. The number of hydrogen-bond donors (Lipinski definition) is 1. The Bertz CT molecular complexity index is 844. The minimum Gasteiger partial charge on any atom is -0.466 e. The fourth-order valence-electron chi connectivity index (χ4n) is 3.02. The highest BCUT2D eigenvalue weighted by molar-refractivity contribution is 7.89. The maximum absolute atomic E-state index is 12.2. The topological polar surface area (TPSA) is 119 Å². The lowest BCUT2D eigenvalue weighted by molar-refractivity contribution is -0.154. The molecule has 30 heavy (non-hydrogen) atoms. The molecular formula is C20H28N2O7S. The Morgan fingerprint density at radius 1 is 1.10 bits per heavy atom. The summed E-state index contributed by atoms with van der Waals surface area (Å²) in [5, 5.41) is 0. The van der Waals surface area contributed by atoms with Crippen LogP contribution in [-0.4, -0.2) is 64.0 Å². The van der Waals surface area contributed by atoms with Gasteiger partial charge in [0.1, 0.15) is 0 Å². The van der Waals surface area contributed by atoms with Crippen LogP contribution in [0, 0.1) is 12.8 Å². The van der Waals surface area contributed by atoms with Crippen LogP contribution in [0.25, 0.3) is 0 Å². The first-order chi connectivity index (χ1) is 14.2. The van der Waals surface area contributed by atoms with Crippen LogP contribution in [0.5, 0.6) is 0 Å². The number of likely N-dealkylation sites (tertiary alicyclic amines) is 1. The maximum Gasteiger partial charge on any atom is 0.309 e. The number of amides is 1. The van der Waals surface area contributed by atoms with Gasteiger partial charge in [-0.1, -0.05) is 17.7 Å². The van der Waals surface area contributed by atoms with Gasteiger partial charge in [-0.15, -0.1) is 0 Å². The van der Waals surface area contributed by atoms with Crippen molar-refractivity contribution < 1.29 is 32.3 Å². The molecule has 0 atom stereocenters. The molecule has 0 spiro atoms. The number of sulfonamides is 1. The van der Waals surface area contributed by atoms with Crippen LogP contribution in [0.1, 0.15) is 31.7 Å². The monoisotopic (exact) mass is 440 g/mol. The van der Waals surface area contributed by atoms with Crippen molar-refractivity contribution in [2.75, 3.05) is 32.8 Å². The van der Waals surface area contributed by atoms with Crippen LogP contribution in [-0.2, 0) is 33.9 Å². The van der Waals surface area contributed by atoms with Gasteiger partial charge in [0, 0.05) is 19.6 Å². The summed E-state index contributed by atoms with van der Waals surface area (Å²) < 4.78 is 36.6. The second kappa shape index (κ2) is 11.1. The predicted molar refractivity (Wildman–Crippen MR) is 108 cm³/mol. The van der Waals surface area contributed by atoms with Crippen molar-refractivity contribution in [3.8, 4) is 0 Å². The van der Waals surface area contributed by atoms with Crippen LogP contribution >= 0.6 is 0 Å². The van der Waals surface area contributed by atoms with E-state index >= 15 is 0 Å². The molecule has 166 valence electrons. The molecule has 0 aliphatic carbocycles. The zero-order valence-corrected chi connectivity index (χ0v) is 18.1. The molecule has 10 heteroatoms. The number of rotatable bonds is 9. The molecule has 1 saturated heterocycles. The van der Waals surface area contributed by atoms with Gasteiger partial charge in [0.25, 0.3) is 5.91 Å². The van der Waals surface area contributed by atoms with Gasteiger partial charge in [0.05, 0.1) is 23.8 Å². The van der Waals surface area contributed by atoms with Crippen molar-refractivity contribution in [1.29, 1.82) is 0 Å². The molecule has 1 aliphatic heterocycles.